The highest BCUT2D eigenvalue weighted by atomic mass is 15.0. The van der Waals surface area contributed by atoms with E-state index in [1.165, 1.54) is 0 Å². The molecule has 0 atom stereocenters. The minimum atomic E-state index is 0.861. The molecule has 0 bridgehead atoms. The van der Waals surface area contributed by atoms with Gasteiger partial charge in [-0.3, -0.25) is 0 Å². The van der Waals surface area contributed by atoms with Crippen LogP contribution in [-0.2, 0) is 0 Å². The van der Waals surface area contributed by atoms with Gasteiger partial charge < -0.3 is 4.90 Å². The molecular formula is C5H10N. The Morgan fingerprint density at radius 1 is 1.67 bits per heavy atom. The zero-order valence-corrected chi connectivity index (χ0v) is 4.31. The third-order valence-corrected chi connectivity index (χ3v) is 0.471. The molecule has 0 aromatic rings. The van der Waals surface area contributed by atoms with E-state index in [0.717, 1.165) is 6.54 Å². The minimum absolute atomic E-state index is 0.861. The fraction of sp³-hybridized carbons (Fsp3) is 0.600. The Morgan fingerprint density at radius 2 is 2.17 bits per heavy atom. The topological polar surface area (TPSA) is 3.24 Å². The average Bonchev–Trinajstić information content (AvgIpc) is 1.35. The molecule has 35 valence electrons. The number of hydrogen-bond acceptors (Lipinski definition) is 1. The zero-order valence-electron chi connectivity index (χ0n) is 4.31. The predicted octanol–water partition coefficient (Wildman–Crippen LogP) is 0.537. The molecule has 0 aliphatic heterocycles. The predicted molar refractivity (Wildman–Crippen MR) is 27.4 cm³/mol. The van der Waals surface area contributed by atoms with E-state index in [4.69, 9.17) is 6.58 Å². The van der Waals surface area contributed by atoms with E-state index in [1.54, 1.807) is 6.08 Å². The number of likely N-dealkylation sites (N-methyl/N-ethyl adjacent to an activating group) is 1. The normalized spacial score (nSPS) is 9.17. The molecule has 0 aromatic carbocycles. The summed E-state index contributed by atoms with van der Waals surface area (Å²) in [5, 5.41) is 0. The Hall–Kier alpha value is -0.300. The maximum atomic E-state index is 5.06. The first-order valence-corrected chi connectivity index (χ1v) is 1.95. The maximum Gasteiger partial charge on any atom is 0.0160 e. The van der Waals surface area contributed by atoms with Crippen LogP contribution >= 0.6 is 0 Å². The fourth-order valence-electron chi connectivity index (χ4n) is 0.211. The quantitative estimate of drug-likeness (QED) is 0.472. The molecule has 0 saturated heterocycles. The van der Waals surface area contributed by atoms with Gasteiger partial charge in [0.05, 0.1) is 0 Å². The lowest BCUT2D eigenvalue weighted by molar-refractivity contribution is 0.456. The second-order valence-corrected chi connectivity index (χ2v) is 1.50. The standard InChI is InChI=1S/C5H10N/c1-4-5-6(2)3/h1,4H,5H2,2-3H3. The third-order valence-electron chi connectivity index (χ3n) is 0.471. The van der Waals surface area contributed by atoms with Crippen molar-refractivity contribution in [3.05, 3.63) is 12.7 Å². The van der Waals surface area contributed by atoms with E-state index in [2.05, 4.69) is 0 Å². The van der Waals surface area contributed by atoms with Gasteiger partial charge in [0.2, 0.25) is 0 Å². The lowest BCUT2D eigenvalue weighted by atomic mass is 10.6. The summed E-state index contributed by atoms with van der Waals surface area (Å²) in [7, 11) is 3.95. The highest BCUT2D eigenvalue weighted by molar-refractivity contribution is 4.64. The van der Waals surface area contributed by atoms with Crippen molar-refractivity contribution < 1.29 is 0 Å². The molecule has 0 aliphatic rings. The molecule has 0 aliphatic carbocycles. The minimum Gasteiger partial charge on any atom is -0.306 e. The smallest absolute Gasteiger partial charge is 0.0160 e. The second kappa shape index (κ2) is 2.91. The van der Waals surface area contributed by atoms with E-state index in [-0.39, 0.29) is 0 Å². The van der Waals surface area contributed by atoms with Crippen LogP contribution in [0.15, 0.2) is 6.08 Å². The molecule has 0 fully saturated rings. The van der Waals surface area contributed by atoms with Crippen LogP contribution in [0.2, 0.25) is 0 Å². The molecule has 6 heavy (non-hydrogen) atoms. The summed E-state index contributed by atoms with van der Waals surface area (Å²) in [5.41, 5.74) is 0. The first-order valence-electron chi connectivity index (χ1n) is 1.95. The molecule has 1 nitrogen and oxygen atoms in total. The van der Waals surface area contributed by atoms with Crippen LogP contribution in [0.1, 0.15) is 0 Å². The average molecular weight is 84.1 g/mol. The van der Waals surface area contributed by atoms with Crippen molar-refractivity contribution in [1.82, 2.24) is 4.90 Å². The number of rotatable bonds is 2. The molecule has 0 saturated carbocycles. The van der Waals surface area contributed by atoms with Crippen LogP contribution in [-0.4, -0.2) is 25.5 Å². The monoisotopic (exact) mass is 84.1 g/mol. The van der Waals surface area contributed by atoms with Gasteiger partial charge in [-0.05, 0) is 14.1 Å². The van der Waals surface area contributed by atoms with Crippen molar-refractivity contribution in [2.45, 2.75) is 0 Å². The van der Waals surface area contributed by atoms with Gasteiger partial charge in [-0.1, -0.05) is 12.7 Å². The summed E-state index contributed by atoms with van der Waals surface area (Å²) in [6.07, 6.45) is 1.62. The summed E-state index contributed by atoms with van der Waals surface area (Å²) in [4.78, 5) is 2.00. The third kappa shape index (κ3) is 3.70. The molecule has 0 N–H and O–H groups in total. The van der Waals surface area contributed by atoms with Crippen LogP contribution in [0.3, 0.4) is 0 Å². The van der Waals surface area contributed by atoms with Crippen molar-refractivity contribution in [3.63, 3.8) is 0 Å². The number of nitrogens with zero attached hydrogens (tertiary/aromatic N) is 1. The maximum absolute atomic E-state index is 5.06. The summed E-state index contributed by atoms with van der Waals surface area (Å²) in [6, 6.07) is 0. The fourth-order valence-corrected chi connectivity index (χ4v) is 0.211. The van der Waals surface area contributed by atoms with Gasteiger partial charge >= 0.3 is 0 Å². The van der Waals surface area contributed by atoms with E-state index in [9.17, 15) is 0 Å². The van der Waals surface area contributed by atoms with Crippen LogP contribution < -0.4 is 0 Å². The lowest BCUT2D eigenvalue weighted by Gasteiger charge is -2.01. The lowest BCUT2D eigenvalue weighted by Crippen LogP contribution is -2.09. The van der Waals surface area contributed by atoms with Crippen LogP contribution in [0, 0.1) is 6.58 Å². The van der Waals surface area contributed by atoms with E-state index in [1.807, 2.05) is 19.0 Å². The van der Waals surface area contributed by atoms with Crippen LogP contribution in [0.4, 0.5) is 0 Å². The Kier molecular flexibility index (Phi) is 2.77. The van der Waals surface area contributed by atoms with Crippen molar-refractivity contribution in [2.75, 3.05) is 20.6 Å². The molecule has 1 radical (unpaired) electrons. The Morgan fingerprint density at radius 3 is 2.17 bits per heavy atom. The summed E-state index contributed by atoms with van der Waals surface area (Å²) < 4.78 is 0. The molecule has 0 unspecified atom stereocenters. The SMILES string of the molecule is [CH]=CCN(C)C. The number of hydrogen-bond donors (Lipinski definition) is 0. The van der Waals surface area contributed by atoms with Gasteiger partial charge in [0, 0.05) is 6.54 Å². The Bertz CT molecular complexity index is 39.2. The van der Waals surface area contributed by atoms with Crippen molar-refractivity contribution in [1.29, 1.82) is 0 Å². The molecule has 0 rings (SSSR count). The highest BCUT2D eigenvalue weighted by Crippen LogP contribution is 1.68. The molecule has 0 aromatic heterocycles. The van der Waals surface area contributed by atoms with Gasteiger partial charge in [0.15, 0.2) is 0 Å². The molecular weight excluding hydrogens is 74.1 g/mol. The van der Waals surface area contributed by atoms with Crippen molar-refractivity contribution in [3.8, 4) is 0 Å². The van der Waals surface area contributed by atoms with Crippen molar-refractivity contribution in [2.24, 2.45) is 0 Å². The second-order valence-electron chi connectivity index (χ2n) is 1.50. The molecule has 0 amide bonds. The van der Waals surface area contributed by atoms with Gasteiger partial charge in [0.1, 0.15) is 0 Å². The van der Waals surface area contributed by atoms with Gasteiger partial charge in [-0.15, -0.1) is 0 Å². The first kappa shape index (κ1) is 5.70. The van der Waals surface area contributed by atoms with Gasteiger partial charge in [-0.2, -0.15) is 0 Å². The summed E-state index contributed by atoms with van der Waals surface area (Å²) in [5.74, 6) is 0. The summed E-state index contributed by atoms with van der Waals surface area (Å²) >= 11 is 0. The molecule has 0 heterocycles. The zero-order chi connectivity index (χ0) is 4.99. The molecule has 0 spiro atoms. The van der Waals surface area contributed by atoms with Crippen LogP contribution in [0.25, 0.3) is 0 Å². The van der Waals surface area contributed by atoms with E-state index < -0.39 is 0 Å². The Labute approximate surface area is 39.3 Å². The Balaban J connectivity index is 2.81. The van der Waals surface area contributed by atoms with E-state index >= 15 is 0 Å². The highest BCUT2D eigenvalue weighted by Gasteiger charge is 1.75. The largest absolute Gasteiger partial charge is 0.306 e. The summed E-state index contributed by atoms with van der Waals surface area (Å²) in [6.45, 7) is 5.92. The van der Waals surface area contributed by atoms with Gasteiger partial charge in [0.25, 0.3) is 0 Å². The van der Waals surface area contributed by atoms with E-state index in [0.29, 0.717) is 0 Å². The van der Waals surface area contributed by atoms with Crippen molar-refractivity contribution >= 4 is 0 Å². The van der Waals surface area contributed by atoms with Gasteiger partial charge in [-0.25, -0.2) is 0 Å². The molecule has 1 heteroatoms. The first-order chi connectivity index (χ1) is 2.77. The van der Waals surface area contributed by atoms with Crippen LogP contribution in [0.5, 0.6) is 0 Å².